The Hall–Kier alpha value is -3.22. The van der Waals surface area contributed by atoms with Crippen molar-refractivity contribution in [3.05, 3.63) is 66.0 Å². The van der Waals surface area contributed by atoms with Crippen LogP contribution in [0.1, 0.15) is 26.6 Å². The Labute approximate surface area is 168 Å². The van der Waals surface area contributed by atoms with Gasteiger partial charge in [0.2, 0.25) is 5.91 Å². The molecule has 1 aliphatic heterocycles. The van der Waals surface area contributed by atoms with Crippen LogP contribution >= 0.6 is 0 Å². The maximum absolute atomic E-state index is 13.7. The smallest absolute Gasteiger partial charge is 0.220 e. The minimum absolute atomic E-state index is 0.0211. The van der Waals surface area contributed by atoms with E-state index in [0.29, 0.717) is 30.3 Å². The van der Waals surface area contributed by atoms with Crippen molar-refractivity contribution >= 4 is 17.4 Å². The van der Waals surface area contributed by atoms with Gasteiger partial charge in [-0.2, -0.15) is 0 Å². The first-order valence-corrected chi connectivity index (χ1v) is 9.45. The summed E-state index contributed by atoms with van der Waals surface area (Å²) in [6.45, 7) is 6.53. The first-order chi connectivity index (χ1) is 13.8. The molecule has 3 aromatic rings. The number of hydrogen-bond donors (Lipinski definition) is 1. The van der Waals surface area contributed by atoms with Gasteiger partial charge in [-0.3, -0.25) is 4.79 Å². The van der Waals surface area contributed by atoms with Crippen molar-refractivity contribution < 1.29 is 13.6 Å². The molecule has 0 aliphatic carbocycles. The van der Waals surface area contributed by atoms with Crippen molar-refractivity contribution in [2.45, 2.75) is 32.9 Å². The predicted octanol–water partition coefficient (Wildman–Crippen LogP) is 4.67. The van der Waals surface area contributed by atoms with Gasteiger partial charge in [0, 0.05) is 31.3 Å². The molecule has 4 rings (SSSR count). The highest BCUT2D eigenvalue weighted by atomic mass is 19.1. The van der Waals surface area contributed by atoms with Gasteiger partial charge >= 0.3 is 0 Å². The number of imidazole rings is 1. The molecule has 150 valence electrons. The molecular formula is C22H22F2N4O. The molecule has 7 heteroatoms. The molecule has 0 spiro atoms. The van der Waals surface area contributed by atoms with E-state index in [1.54, 1.807) is 36.1 Å². The van der Waals surface area contributed by atoms with E-state index in [1.807, 2.05) is 18.4 Å². The predicted molar refractivity (Wildman–Crippen MR) is 108 cm³/mol. The average Bonchev–Trinajstić information content (AvgIpc) is 3.02. The summed E-state index contributed by atoms with van der Waals surface area (Å²) in [7, 11) is 0. The van der Waals surface area contributed by atoms with Crippen molar-refractivity contribution in [1.82, 2.24) is 14.5 Å². The first-order valence-electron chi connectivity index (χ1n) is 9.45. The summed E-state index contributed by atoms with van der Waals surface area (Å²) in [4.78, 5) is 18.8. The fourth-order valence-electron chi connectivity index (χ4n) is 3.93. The Balaban J connectivity index is 1.88. The average molecular weight is 396 g/mol. The lowest BCUT2D eigenvalue weighted by Crippen LogP contribution is -2.51. The van der Waals surface area contributed by atoms with Crippen LogP contribution in [0, 0.1) is 11.6 Å². The number of hydrogen-bond acceptors (Lipinski definition) is 3. The lowest BCUT2D eigenvalue weighted by molar-refractivity contribution is -0.136. The summed E-state index contributed by atoms with van der Waals surface area (Å²) < 4.78 is 29.2. The van der Waals surface area contributed by atoms with Crippen LogP contribution in [-0.4, -0.2) is 26.9 Å². The van der Waals surface area contributed by atoms with E-state index < -0.39 is 5.54 Å². The Bertz CT molecular complexity index is 1070. The summed E-state index contributed by atoms with van der Waals surface area (Å²) in [5.41, 5.74) is 1.32. The number of anilines is 2. The van der Waals surface area contributed by atoms with Gasteiger partial charge in [0.25, 0.3) is 0 Å². The van der Waals surface area contributed by atoms with Crippen LogP contribution in [0.3, 0.4) is 0 Å². The Morgan fingerprint density at radius 3 is 2.45 bits per heavy atom. The number of fused-ring (bicyclic) bond motifs is 1. The number of nitrogens with zero attached hydrogens (tertiary/aromatic N) is 3. The minimum Gasteiger partial charge on any atom is -0.340 e. The molecule has 5 nitrogen and oxygen atoms in total. The third kappa shape index (κ3) is 3.37. The van der Waals surface area contributed by atoms with Crippen LogP contribution < -0.4 is 5.32 Å². The number of benzene rings is 2. The second-order valence-corrected chi connectivity index (χ2v) is 7.66. The van der Waals surface area contributed by atoms with Crippen molar-refractivity contribution in [1.29, 1.82) is 0 Å². The molecule has 1 amide bonds. The highest BCUT2D eigenvalue weighted by molar-refractivity contribution is 5.78. The van der Waals surface area contributed by atoms with Gasteiger partial charge in [-0.05, 0) is 56.3 Å². The van der Waals surface area contributed by atoms with Crippen molar-refractivity contribution in [3.63, 3.8) is 0 Å². The van der Waals surface area contributed by atoms with Gasteiger partial charge in [-0.15, -0.1) is 0 Å². The minimum atomic E-state index is -0.624. The Kier molecular flexibility index (Phi) is 4.61. The molecule has 0 saturated carbocycles. The second kappa shape index (κ2) is 6.99. The summed E-state index contributed by atoms with van der Waals surface area (Å²) in [6, 6.07) is 12.3. The fourth-order valence-corrected chi connectivity index (χ4v) is 3.93. The molecule has 0 bridgehead atoms. The normalized spacial score (nSPS) is 15.1. The molecular weight excluding hydrogens is 374 g/mol. The van der Waals surface area contributed by atoms with Gasteiger partial charge in [0.15, 0.2) is 0 Å². The number of nitrogens with one attached hydrogen (secondary N) is 1. The number of aromatic nitrogens is 2. The third-order valence-corrected chi connectivity index (χ3v) is 5.32. The number of amides is 1. The SMILES string of the molecule is CC(=O)N1CCn2c(nc(-c3ccc(F)cc3)c2Nc2cccc(F)c2)C1(C)C. The Morgan fingerprint density at radius 1 is 1.07 bits per heavy atom. The van der Waals surface area contributed by atoms with Gasteiger partial charge in [0.05, 0.1) is 5.54 Å². The van der Waals surface area contributed by atoms with Crippen LogP contribution in [-0.2, 0) is 16.9 Å². The van der Waals surface area contributed by atoms with E-state index in [4.69, 9.17) is 4.98 Å². The second-order valence-electron chi connectivity index (χ2n) is 7.66. The largest absolute Gasteiger partial charge is 0.340 e. The zero-order valence-electron chi connectivity index (χ0n) is 16.5. The van der Waals surface area contributed by atoms with Crippen molar-refractivity contribution in [2.75, 3.05) is 11.9 Å². The topological polar surface area (TPSA) is 50.2 Å². The highest BCUT2D eigenvalue weighted by Gasteiger charge is 2.40. The molecule has 2 heterocycles. The van der Waals surface area contributed by atoms with E-state index in [1.165, 1.54) is 24.3 Å². The zero-order valence-corrected chi connectivity index (χ0v) is 16.5. The van der Waals surface area contributed by atoms with Crippen molar-refractivity contribution in [2.24, 2.45) is 0 Å². The van der Waals surface area contributed by atoms with E-state index in [2.05, 4.69) is 5.32 Å². The van der Waals surface area contributed by atoms with Crippen LogP contribution in [0.15, 0.2) is 48.5 Å². The molecule has 0 fully saturated rings. The molecule has 1 aromatic heterocycles. The summed E-state index contributed by atoms with van der Waals surface area (Å²) in [6.07, 6.45) is 0. The lowest BCUT2D eigenvalue weighted by Gasteiger charge is -2.42. The van der Waals surface area contributed by atoms with Crippen LogP contribution in [0.4, 0.5) is 20.3 Å². The zero-order chi connectivity index (χ0) is 20.8. The Morgan fingerprint density at radius 2 is 1.79 bits per heavy atom. The summed E-state index contributed by atoms with van der Waals surface area (Å²) >= 11 is 0. The molecule has 0 saturated heterocycles. The number of rotatable bonds is 3. The van der Waals surface area contributed by atoms with Gasteiger partial charge in [-0.25, -0.2) is 13.8 Å². The summed E-state index contributed by atoms with van der Waals surface area (Å²) in [5.74, 6) is 0.707. The number of halogens is 2. The highest BCUT2D eigenvalue weighted by Crippen LogP contribution is 2.39. The van der Waals surface area contributed by atoms with Gasteiger partial charge < -0.3 is 14.8 Å². The molecule has 29 heavy (non-hydrogen) atoms. The van der Waals surface area contributed by atoms with Gasteiger partial charge in [0.1, 0.15) is 29.0 Å². The molecule has 1 N–H and O–H groups in total. The molecule has 2 aromatic carbocycles. The third-order valence-electron chi connectivity index (χ3n) is 5.32. The molecule has 0 radical (unpaired) electrons. The first kappa shape index (κ1) is 19.1. The van der Waals surface area contributed by atoms with E-state index in [9.17, 15) is 13.6 Å². The van der Waals surface area contributed by atoms with Crippen LogP contribution in [0.25, 0.3) is 11.3 Å². The quantitative estimate of drug-likeness (QED) is 0.700. The molecule has 0 unspecified atom stereocenters. The maximum Gasteiger partial charge on any atom is 0.220 e. The monoisotopic (exact) mass is 396 g/mol. The van der Waals surface area contributed by atoms with Crippen LogP contribution in [0.5, 0.6) is 0 Å². The maximum atomic E-state index is 13.7. The number of carbonyl (C=O) groups excluding carboxylic acids is 1. The molecule has 1 aliphatic rings. The van der Waals surface area contributed by atoms with Crippen molar-refractivity contribution in [3.8, 4) is 11.3 Å². The number of carbonyl (C=O) groups is 1. The van der Waals surface area contributed by atoms with E-state index in [-0.39, 0.29) is 17.5 Å². The summed E-state index contributed by atoms with van der Waals surface area (Å²) in [5, 5.41) is 3.28. The lowest BCUT2D eigenvalue weighted by atomic mass is 9.99. The van der Waals surface area contributed by atoms with Crippen LogP contribution in [0.2, 0.25) is 0 Å². The fraction of sp³-hybridized carbons (Fsp3) is 0.273. The standard InChI is InChI=1S/C22H22F2N4O/c1-14(29)28-12-11-27-20(25-18-6-4-5-17(24)13-18)19(26-21(27)22(28,2)3)15-7-9-16(23)10-8-15/h4-10,13,25H,11-12H2,1-3H3. The van der Waals surface area contributed by atoms with E-state index in [0.717, 1.165) is 11.4 Å². The van der Waals surface area contributed by atoms with E-state index >= 15 is 0 Å². The molecule has 0 atom stereocenters. The van der Waals surface area contributed by atoms with Gasteiger partial charge in [-0.1, -0.05) is 6.07 Å².